The fourth-order valence-corrected chi connectivity index (χ4v) is 4.00. The molecule has 0 aromatic rings. The summed E-state index contributed by atoms with van der Waals surface area (Å²) >= 11 is 1.96. The van der Waals surface area contributed by atoms with Crippen molar-refractivity contribution in [3.8, 4) is 0 Å². The van der Waals surface area contributed by atoms with Crippen molar-refractivity contribution in [2.45, 2.75) is 38.8 Å². The second-order valence-electron chi connectivity index (χ2n) is 4.18. The number of thioether (sulfide) groups is 1. The molecular weight excluding hydrogens is 230 g/mol. The molecule has 2 unspecified atom stereocenters. The van der Waals surface area contributed by atoms with Crippen molar-refractivity contribution in [2.24, 2.45) is 0 Å². The van der Waals surface area contributed by atoms with Gasteiger partial charge in [0, 0.05) is 23.6 Å². The molecule has 2 atom stereocenters. The molecule has 1 heterocycles. The van der Waals surface area contributed by atoms with Crippen LogP contribution >= 0.6 is 11.8 Å². The SMILES string of the molecule is CCS(=O)(=O)CC(C)NC1CCCSC1. The molecule has 0 bridgehead atoms. The molecule has 1 saturated heterocycles. The number of hydrogen-bond donors (Lipinski definition) is 1. The third-order valence-electron chi connectivity index (χ3n) is 2.62. The Labute approximate surface area is 97.3 Å². The summed E-state index contributed by atoms with van der Waals surface area (Å²) < 4.78 is 22.8. The van der Waals surface area contributed by atoms with E-state index in [1.165, 1.54) is 18.6 Å². The highest BCUT2D eigenvalue weighted by Crippen LogP contribution is 2.17. The van der Waals surface area contributed by atoms with Crippen LogP contribution in [0.5, 0.6) is 0 Å². The zero-order valence-corrected chi connectivity index (χ0v) is 11.2. The standard InChI is InChI=1S/C10H21NO2S2/c1-3-15(12,13)8-9(2)11-10-5-4-6-14-7-10/h9-11H,3-8H2,1-2H3. The Morgan fingerprint density at radius 3 is 2.80 bits per heavy atom. The van der Waals surface area contributed by atoms with Crippen molar-refractivity contribution in [2.75, 3.05) is 23.0 Å². The van der Waals surface area contributed by atoms with E-state index in [1.54, 1.807) is 6.92 Å². The largest absolute Gasteiger partial charge is 0.310 e. The molecule has 0 amide bonds. The highest BCUT2D eigenvalue weighted by atomic mass is 32.2. The first kappa shape index (κ1) is 13.3. The Bertz CT molecular complexity index is 271. The summed E-state index contributed by atoms with van der Waals surface area (Å²) in [5, 5.41) is 3.41. The first-order valence-corrected chi connectivity index (χ1v) is 8.55. The van der Waals surface area contributed by atoms with Crippen molar-refractivity contribution >= 4 is 21.6 Å². The Morgan fingerprint density at radius 2 is 2.27 bits per heavy atom. The van der Waals surface area contributed by atoms with E-state index in [0.29, 0.717) is 6.04 Å². The smallest absolute Gasteiger partial charge is 0.151 e. The molecule has 1 N–H and O–H groups in total. The zero-order valence-electron chi connectivity index (χ0n) is 9.53. The second kappa shape index (κ2) is 6.11. The van der Waals surface area contributed by atoms with Gasteiger partial charge in [-0.1, -0.05) is 6.92 Å². The lowest BCUT2D eigenvalue weighted by Crippen LogP contribution is -2.43. The lowest BCUT2D eigenvalue weighted by molar-refractivity contribution is 0.459. The molecular formula is C10H21NO2S2. The predicted octanol–water partition coefficient (Wildman–Crippen LogP) is 1.29. The number of nitrogens with one attached hydrogen (secondary N) is 1. The van der Waals surface area contributed by atoms with E-state index in [4.69, 9.17) is 0 Å². The summed E-state index contributed by atoms with van der Waals surface area (Å²) in [6.45, 7) is 3.67. The Balaban J connectivity index is 2.31. The van der Waals surface area contributed by atoms with E-state index < -0.39 is 9.84 Å². The van der Waals surface area contributed by atoms with Crippen LogP contribution in [0.25, 0.3) is 0 Å². The number of hydrogen-bond acceptors (Lipinski definition) is 4. The molecule has 1 aliphatic heterocycles. The van der Waals surface area contributed by atoms with Crippen LogP contribution in [-0.4, -0.2) is 43.5 Å². The molecule has 0 saturated carbocycles. The lowest BCUT2D eigenvalue weighted by atomic mass is 10.1. The van der Waals surface area contributed by atoms with Gasteiger partial charge in [0.15, 0.2) is 9.84 Å². The zero-order chi connectivity index (χ0) is 11.3. The maximum absolute atomic E-state index is 11.4. The van der Waals surface area contributed by atoms with Crippen LogP contribution in [0, 0.1) is 0 Å². The molecule has 0 spiro atoms. The van der Waals surface area contributed by atoms with Crippen LogP contribution < -0.4 is 5.32 Å². The summed E-state index contributed by atoms with van der Waals surface area (Å²) in [7, 11) is -2.84. The van der Waals surface area contributed by atoms with Gasteiger partial charge in [0.25, 0.3) is 0 Å². The molecule has 1 aliphatic rings. The van der Waals surface area contributed by atoms with E-state index in [-0.39, 0.29) is 17.5 Å². The maximum Gasteiger partial charge on any atom is 0.151 e. The summed E-state index contributed by atoms with van der Waals surface area (Å²) in [5.41, 5.74) is 0. The first-order valence-electron chi connectivity index (χ1n) is 5.57. The van der Waals surface area contributed by atoms with Gasteiger partial charge in [-0.05, 0) is 25.5 Å². The van der Waals surface area contributed by atoms with E-state index in [0.717, 1.165) is 5.75 Å². The quantitative estimate of drug-likeness (QED) is 0.800. The van der Waals surface area contributed by atoms with Crippen LogP contribution in [-0.2, 0) is 9.84 Å². The summed E-state index contributed by atoms with van der Waals surface area (Å²) in [4.78, 5) is 0. The van der Waals surface area contributed by atoms with Crippen LogP contribution in [0.3, 0.4) is 0 Å². The third-order valence-corrected chi connectivity index (χ3v) is 5.73. The average Bonchev–Trinajstić information content (AvgIpc) is 2.18. The Hall–Kier alpha value is 0.260. The molecule has 15 heavy (non-hydrogen) atoms. The van der Waals surface area contributed by atoms with E-state index in [1.807, 2.05) is 18.7 Å². The van der Waals surface area contributed by atoms with Gasteiger partial charge in [-0.25, -0.2) is 8.42 Å². The normalized spacial score (nSPS) is 25.1. The Morgan fingerprint density at radius 1 is 1.53 bits per heavy atom. The molecule has 0 aromatic carbocycles. The van der Waals surface area contributed by atoms with Gasteiger partial charge in [-0.2, -0.15) is 11.8 Å². The second-order valence-corrected chi connectivity index (χ2v) is 7.73. The molecule has 90 valence electrons. The van der Waals surface area contributed by atoms with Crippen LogP contribution in [0.15, 0.2) is 0 Å². The molecule has 0 radical (unpaired) electrons. The minimum Gasteiger partial charge on any atom is -0.310 e. The summed E-state index contributed by atoms with van der Waals surface area (Å²) in [6, 6.07) is 0.587. The highest BCUT2D eigenvalue weighted by molar-refractivity contribution is 7.99. The number of rotatable bonds is 5. The van der Waals surface area contributed by atoms with Crippen LogP contribution in [0.2, 0.25) is 0 Å². The van der Waals surface area contributed by atoms with Crippen molar-refractivity contribution in [1.29, 1.82) is 0 Å². The fourth-order valence-electron chi connectivity index (χ4n) is 1.82. The van der Waals surface area contributed by atoms with Crippen LogP contribution in [0.4, 0.5) is 0 Å². The number of sulfone groups is 1. The summed E-state index contributed by atoms with van der Waals surface area (Å²) in [5.74, 6) is 2.89. The fraction of sp³-hybridized carbons (Fsp3) is 1.00. The topological polar surface area (TPSA) is 46.2 Å². The molecule has 0 aromatic heterocycles. The third kappa shape index (κ3) is 5.22. The van der Waals surface area contributed by atoms with Gasteiger partial charge in [-0.15, -0.1) is 0 Å². The van der Waals surface area contributed by atoms with Crippen molar-refractivity contribution < 1.29 is 8.42 Å². The van der Waals surface area contributed by atoms with Gasteiger partial charge in [0.2, 0.25) is 0 Å². The van der Waals surface area contributed by atoms with Gasteiger partial charge < -0.3 is 5.32 Å². The predicted molar refractivity (Wildman–Crippen MR) is 67.3 cm³/mol. The molecule has 3 nitrogen and oxygen atoms in total. The molecule has 5 heteroatoms. The average molecular weight is 251 g/mol. The van der Waals surface area contributed by atoms with Crippen LogP contribution in [0.1, 0.15) is 26.7 Å². The molecule has 0 aliphatic carbocycles. The maximum atomic E-state index is 11.4. The lowest BCUT2D eigenvalue weighted by Gasteiger charge is -2.26. The van der Waals surface area contributed by atoms with Gasteiger partial charge in [0.05, 0.1) is 5.75 Å². The Kier molecular flexibility index (Phi) is 5.43. The monoisotopic (exact) mass is 251 g/mol. The van der Waals surface area contributed by atoms with Crippen molar-refractivity contribution in [1.82, 2.24) is 5.32 Å². The molecule has 1 fully saturated rings. The first-order chi connectivity index (χ1) is 7.03. The van der Waals surface area contributed by atoms with Gasteiger partial charge in [0.1, 0.15) is 0 Å². The van der Waals surface area contributed by atoms with E-state index in [9.17, 15) is 8.42 Å². The highest BCUT2D eigenvalue weighted by Gasteiger charge is 2.19. The van der Waals surface area contributed by atoms with E-state index in [2.05, 4.69) is 5.32 Å². The van der Waals surface area contributed by atoms with E-state index >= 15 is 0 Å². The molecule has 1 rings (SSSR count). The van der Waals surface area contributed by atoms with Gasteiger partial charge in [-0.3, -0.25) is 0 Å². The summed E-state index contributed by atoms with van der Waals surface area (Å²) in [6.07, 6.45) is 2.43. The van der Waals surface area contributed by atoms with Crippen molar-refractivity contribution in [3.05, 3.63) is 0 Å². The van der Waals surface area contributed by atoms with Crippen molar-refractivity contribution in [3.63, 3.8) is 0 Å². The minimum absolute atomic E-state index is 0.0821. The minimum atomic E-state index is -2.84. The van der Waals surface area contributed by atoms with Gasteiger partial charge >= 0.3 is 0 Å².